The molecule has 1 saturated heterocycles. The van der Waals surface area contributed by atoms with Crippen LogP contribution in [0.15, 0.2) is 57.7 Å². The number of fused-ring (bicyclic) bond motifs is 1. The molecule has 3 aromatic rings. The van der Waals surface area contributed by atoms with Gasteiger partial charge in [-0.05, 0) is 42.7 Å². The number of carbonyl (C=O) groups excluding carboxylic acids is 1. The first-order valence-corrected chi connectivity index (χ1v) is 10.3. The van der Waals surface area contributed by atoms with E-state index >= 15 is 0 Å². The number of nitrogens with zero attached hydrogens (tertiary/aromatic N) is 1. The molecule has 0 aliphatic carbocycles. The summed E-state index contributed by atoms with van der Waals surface area (Å²) in [5, 5.41) is 4.16. The fourth-order valence-electron chi connectivity index (χ4n) is 3.76. The minimum atomic E-state index is -0.370. The van der Waals surface area contributed by atoms with Gasteiger partial charge in [-0.15, -0.1) is 0 Å². The Kier molecular flexibility index (Phi) is 6.06. The maximum absolute atomic E-state index is 12.7. The van der Waals surface area contributed by atoms with Crippen LogP contribution in [0.5, 0.6) is 5.75 Å². The van der Waals surface area contributed by atoms with Crippen molar-refractivity contribution in [3.05, 3.63) is 75.1 Å². The topological polar surface area (TPSA) is 71.8 Å². The van der Waals surface area contributed by atoms with E-state index in [1.807, 2.05) is 18.2 Å². The number of amides is 1. The maximum Gasteiger partial charge on any atom is 0.287 e. The summed E-state index contributed by atoms with van der Waals surface area (Å²) in [6.45, 7) is 2.58. The van der Waals surface area contributed by atoms with Gasteiger partial charge in [-0.1, -0.05) is 23.7 Å². The summed E-state index contributed by atoms with van der Waals surface area (Å²) in [6, 6.07) is 14.1. The minimum Gasteiger partial charge on any atom is -0.497 e. The Hall–Kier alpha value is -2.83. The van der Waals surface area contributed by atoms with Crippen molar-refractivity contribution in [1.82, 2.24) is 10.2 Å². The smallest absolute Gasteiger partial charge is 0.287 e. The molecule has 0 unspecified atom stereocenters. The summed E-state index contributed by atoms with van der Waals surface area (Å²) < 4.78 is 10.9. The Balaban J connectivity index is 1.38. The molecule has 0 saturated carbocycles. The number of nitrogens with one attached hydrogen (secondary N) is 1. The Labute approximate surface area is 179 Å². The van der Waals surface area contributed by atoms with E-state index in [9.17, 15) is 9.59 Å². The summed E-state index contributed by atoms with van der Waals surface area (Å²) >= 11 is 6.06. The molecular weight excluding hydrogens is 404 g/mol. The molecule has 156 valence electrons. The predicted molar refractivity (Wildman–Crippen MR) is 116 cm³/mol. The van der Waals surface area contributed by atoms with E-state index in [4.69, 9.17) is 20.8 Å². The van der Waals surface area contributed by atoms with E-state index in [-0.39, 0.29) is 23.1 Å². The standard InChI is InChI=1S/C23H23ClN2O4/c1-29-18-5-6-19-20(27)13-22(30-21(19)12-18)23(28)25-17-7-9-26(10-8-17)14-15-3-2-4-16(24)11-15/h2-6,11-13,17H,7-10,14H2,1H3,(H,25,28). The van der Waals surface area contributed by atoms with Crippen molar-refractivity contribution < 1.29 is 13.9 Å². The molecule has 1 aliphatic heterocycles. The van der Waals surface area contributed by atoms with Crippen molar-refractivity contribution in [2.24, 2.45) is 0 Å². The van der Waals surface area contributed by atoms with Crippen LogP contribution in [0.2, 0.25) is 5.02 Å². The van der Waals surface area contributed by atoms with Crippen molar-refractivity contribution in [3.63, 3.8) is 0 Å². The zero-order valence-electron chi connectivity index (χ0n) is 16.7. The molecule has 1 aromatic heterocycles. The normalized spacial score (nSPS) is 15.3. The number of piperidine rings is 1. The number of rotatable bonds is 5. The number of methoxy groups -OCH3 is 1. The maximum atomic E-state index is 12.7. The SMILES string of the molecule is COc1ccc2c(=O)cc(C(=O)NC3CCN(Cc4cccc(Cl)c4)CC3)oc2c1. The minimum absolute atomic E-state index is 0.0158. The second kappa shape index (κ2) is 8.90. The highest BCUT2D eigenvalue weighted by atomic mass is 35.5. The van der Waals surface area contributed by atoms with Crippen LogP contribution in [0, 0.1) is 0 Å². The highest BCUT2D eigenvalue weighted by Gasteiger charge is 2.22. The third-order valence-electron chi connectivity index (χ3n) is 5.38. The monoisotopic (exact) mass is 426 g/mol. The highest BCUT2D eigenvalue weighted by molar-refractivity contribution is 6.30. The predicted octanol–water partition coefficient (Wildman–Crippen LogP) is 3.85. The first-order chi connectivity index (χ1) is 14.5. The fraction of sp³-hybridized carbons (Fsp3) is 0.304. The van der Waals surface area contributed by atoms with Crippen LogP contribution >= 0.6 is 11.6 Å². The van der Waals surface area contributed by atoms with E-state index in [0.29, 0.717) is 16.7 Å². The molecule has 4 rings (SSSR count). The molecule has 0 radical (unpaired) electrons. The molecule has 0 atom stereocenters. The van der Waals surface area contributed by atoms with Crippen LogP contribution < -0.4 is 15.5 Å². The lowest BCUT2D eigenvalue weighted by Gasteiger charge is -2.32. The number of ether oxygens (including phenoxy) is 1. The fourth-order valence-corrected chi connectivity index (χ4v) is 3.97. The number of hydrogen-bond acceptors (Lipinski definition) is 5. The van der Waals surface area contributed by atoms with Crippen molar-refractivity contribution in [2.75, 3.05) is 20.2 Å². The lowest BCUT2D eigenvalue weighted by molar-refractivity contribution is 0.0881. The molecule has 30 heavy (non-hydrogen) atoms. The van der Waals surface area contributed by atoms with Crippen molar-refractivity contribution in [2.45, 2.75) is 25.4 Å². The first-order valence-electron chi connectivity index (χ1n) is 9.91. The number of hydrogen-bond donors (Lipinski definition) is 1. The third kappa shape index (κ3) is 4.66. The number of benzene rings is 2. The van der Waals surface area contributed by atoms with Crippen LogP contribution in [0.3, 0.4) is 0 Å². The van der Waals surface area contributed by atoms with E-state index < -0.39 is 0 Å². The largest absolute Gasteiger partial charge is 0.497 e. The first kappa shape index (κ1) is 20.4. The van der Waals surface area contributed by atoms with Gasteiger partial charge in [0.05, 0.1) is 12.5 Å². The second-order valence-electron chi connectivity index (χ2n) is 7.49. The lowest BCUT2D eigenvalue weighted by Crippen LogP contribution is -2.44. The molecule has 1 amide bonds. The van der Waals surface area contributed by atoms with Gasteiger partial charge in [0.2, 0.25) is 0 Å². The van der Waals surface area contributed by atoms with Gasteiger partial charge in [0, 0.05) is 42.8 Å². The zero-order valence-corrected chi connectivity index (χ0v) is 17.4. The molecule has 1 fully saturated rings. The van der Waals surface area contributed by atoms with E-state index in [1.165, 1.54) is 18.7 Å². The van der Waals surface area contributed by atoms with Gasteiger partial charge < -0.3 is 14.5 Å². The van der Waals surface area contributed by atoms with Crippen LogP contribution in [0.25, 0.3) is 11.0 Å². The molecule has 7 heteroatoms. The van der Waals surface area contributed by atoms with Gasteiger partial charge in [-0.2, -0.15) is 0 Å². The van der Waals surface area contributed by atoms with Crippen molar-refractivity contribution in [1.29, 1.82) is 0 Å². The number of carbonyl (C=O) groups is 1. The molecule has 2 aromatic carbocycles. The summed E-state index contributed by atoms with van der Waals surface area (Å²) in [4.78, 5) is 27.4. The van der Waals surface area contributed by atoms with Crippen LogP contribution in [-0.4, -0.2) is 37.0 Å². The summed E-state index contributed by atoms with van der Waals surface area (Å²) in [6.07, 6.45) is 1.66. The molecule has 1 aliphatic rings. The van der Waals surface area contributed by atoms with Crippen molar-refractivity contribution >= 4 is 28.5 Å². The Morgan fingerprint density at radius 1 is 1.20 bits per heavy atom. The molecule has 6 nitrogen and oxygen atoms in total. The summed E-state index contributed by atoms with van der Waals surface area (Å²) in [5.74, 6) is 0.211. The van der Waals surface area contributed by atoms with E-state index in [2.05, 4.69) is 16.3 Å². The van der Waals surface area contributed by atoms with Gasteiger partial charge in [0.25, 0.3) is 5.91 Å². The van der Waals surface area contributed by atoms with Crippen LogP contribution in [0.4, 0.5) is 0 Å². The Bertz CT molecular complexity index is 1120. The van der Waals surface area contributed by atoms with E-state index in [0.717, 1.165) is 37.5 Å². The molecule has 0 spiro atoms. The molecular formula is C23H23ClN2O4. The molecule has 2 heterocycles. The quantitative estimate of drug-likeness (QED) is 0.671. The Morgan fingerprint density at radius 2 is 2.00 bits per heavy atom. The molecule has 1 N–H and O–H groups in total. The third-order valence-corrected chi connectivity index (χ3v) is 5.61. The molecule has 0 bridgehead atoms. The number of likely N-dealkylation sites (tertiary alicyclic amines) is 1. The Morgan fingerprint density at radius 3 is 2.73 bits per heavy atom. The van der Waals surface area contributed by atoms with Crippen LogP contribution in [0.1, 0.15) is 29.0 Å². The summed E-state index contributed by atoms with van der Waals surface area (Å²) in [7, 11) is 1.54. The van der Waals surface area contributed by atoms with Gasteiger partial charge >= 0.3 is 0 Å². The van der Waals surface area contributed by atoms with Crippen LogP contribution in [-0.2, 0) is 6.54 Å². The number of halogens is 1. The average Bonchev–Trinajstić information content (AvgIpc) is 2.74. The lowest BCUT2D eigenvalue weighted by atomic mass is 10.0. The highest BCUT2D eigenvalue weighted by Crippen LogP contribution is 2.20. The van der Waals surface area contributed by atoms with Gasteiger partial charge in [-0.3, -0.25) is 14.5 Å². The average molecular weight is 427 g/mol. The second-order valence-corrected chi connectivity index (χ2v) is 7.93. The van der Waals surface area contributed by atoms with Crippen molar-refractivity contribution in [3.8, 4) is 5.75 Å². The van der Waals surface area contributed by atoms with E-state index in [1.54, 1.807) is 18.2 Å². The van der Waals surface area contributed by atoms with Gasteiger partial charge in [-0.25, -0.2) is 0 Å². The summed E-state index contributed by atoms with van der Waals surface area (Å²) in [5.41, 5.74) is 1.27. The van der Waals surface area contributed by atoms with Gasteiger partial charge in [0.1, 0.15) is 11.3 Å². The van der Waals surface area contributed by atoms with Gasteiger partial charge in [0.15, 0.2) is 11.2 Å². The zero-order chi connectivity index (χ0) is 21.1.